The first-order chi connectivity index (χ1) is 12.7. The Bertz CT molecular complexity index is 647. The molecular formula is C22H34O5. The van der Waals surface area contributed by atoms with Gasteiger partial charge in [-0.2, -0.15) is 0 Å². The monoisotopic (exact) mass is 378 g/mol. The highest BCUT2D eigenvalue weighted by Crippen LogP contribution is 2.67. The van der Waals surface area contributed by atoms with E-state index in [4.69, 9.17) is 9.47 Å². The third-order valence-corrected chi connectivity index (χ3v) is 9.11. The average Bonchev–Trinajstić information content (AvgIpc) is 2.90. The van der Waals surface area contributed by atoms with Crippen molar-refractivity contribution in [2.75, 3.05) is 7.11 Å². The lowest BCUT2D eigenvalue weighted by Crippen LogP contribution is -2.69. The number of methoxy groups -OCH3 is 1. The number of hydrogen-bond acceptors (Lipinski definition) is 5. The van der Waals surface area contributed by atoms with Crippen LogP contribution in [0.1, 0.15) is 72.1 Å². The number of carbonyl (C=O) groups excluding carboxylic acids is 2. The largest absolute Gasteiger partial charge is 0.462 e. The van der Waals surface area contributed by atoms with E-state index in [1.54, 1.807) is 7.11 Å². The van der Waals surface area contributed by atoms with Crippen molar-refractivity contribution in [2.24, 2.45) is 28.6 Å². The molecule has 8 atom stereocenters. The first-order valence-corrected chi connectivity index (χ1v) is 10.6. The molecule has 4 fully saturated rings. The van der Waals surface area contributed by atoms with Gasteiger partial charge in [-0.3, -0.25) is 9.59 Å². The number of Topliss-reactive ketones (excluding diaryl/α,β-unsaturated/α-hetero) is 1. The number of hydrogen-bond donors (Lipinski definition) is 1. The van der Waals surface area contributed by atoms with Crippen LogP contribution in [-0.2, 0) is 19.1 Å². The van der Waals surface area contributed by atoms with Gasteiger partial charge < -0.3 is 14.6 Å². The Balaban J connectivity index is 1.68. The number of esters is 1. The normalized spacial score (nSPS) is 51.9. The third kappa shape index (κ3) is 2.57. The highest BCUT2D eigenvalue weighted by atomic mass is 16.5. The van der Waals surface area contributed by atoms with Crippen LogP contribution in [0.5, 0.6) is 0 Å². The molecule has 0 saturated heterocycles. The molecule has 0 heterocycles. The Kier molecular flexibility index (Phi) is 4.51. The fourth-order valence-electron chi connectivity index (χ4n) is 7.61. The molecule has 1 N–H and O–H groups in total. The highest BCUT2D eigenvalue weighted by molar-refractivity contribution is 5.87. The molecule has 4 rings (SSSR count). The van der Waals surface area contributed by atoms with Crippen LogP contribution in [-0.4, -0.2) is 41.8 Å². The average molecular weight is 379 g/mol. The molecule has 0 aromatic carbocycles. The van der Waals surface area contributed by atoms with Gasteiger partial charge in [0.2, 0.25) is 0 Å². The van der Waals surface area contributed by atoms with Crippen molar-refractivity contribution in [3.63, 3.8) is 0 Å². The Hall–Kier alpha value is -0.940. The van der Waals surface area contributed by atoms with E-state index in [-0.39, 0.29) is 29.0 Å². The molecule has 0 unspecified atom stereocenters. The molecule has 0 amide bonds. The number of carbonyl (C=O) groups is 2. The van der Waals surface area contributed by atoms with Crippen molar-refractivity contribution in [2.45, 2.75) is 89.9 Å². The van der Waals surface area contributed by atoms with E-state index in [2.05, 4.69) is 13.8 Å². The summed E-state index contributed by atoms with van der Waals surface area (Å²) in [4.78, 5) is 24.1. The third-order valence-electron chi connectivity index (χ3n) is 9.11. The van der Waals surface area contributed by atoms with Gasteiger partial charge in [0.1, 0.15) is 11.9 Å². The summed E-state index contributed by atoms with van der Waals surface area (Å²) < 4.78 is 11.3. The summed E-state index contributed by atoms with van der Waals surface area (Å²) in [6.07, 6.45) is 5.98. The predicted molar refractivity (Wildman–Crippen MR) is 99.9 cm³/mol. The van der Waals surface area contributed by atoms with E-state index in [1.807, 2.05) is 0 Å². The zero-order valence-corrected chi connectivity index (χ0v) is 17.1. The molecule has 4 aliphatic rings. The lowest BCUT2D eigenvalue weighted by atomic mass is 9.43. The molecule has 27 heavy (non-hydrogen) atoms. The van der Waals surface area contributed by atoms with Crippen molar-refractivity contribution >= 4 is 11.8 Å². The van der Waals surface area contributed by atoms with E-state index in [9.17, 15) is 14.7 Å². The smallest absolute Gasteiger partial charge is 0.302 e. The number of ether oxygens (including phenoxy) is 2. The topological polar surface area (TPSA) is 72.8 Å². The van der Waals surface area contributed by atoms with Crippen LogP contribution < -0.4 is 0 Å². The molecule has 152 valence electrons. The minimum absolute atomic E-state index is 0.180. The summed E-state index contributed by atoms with van der Waals surface area (Å²) in [6.45, 7) is 5.83. The Morgan fingerprint density at radius 3 is 2.56 bits per heavy atom. The van der Waals surface area contributed by atoms with Gasteiger partial charge in [-0.15, -0.1) is 0 Å². The molecule has 0 aromatic rings. The fraction of sp³-hybridized carbons (Fsp3) is 0.909. The van der Waals surface area contributed by atoms with Crippen molar-refractivity contribution < 1.29 is 24.2 Å². The summed E-state index contributed by atoms with van der Waals surface area (Å²) in [5.74, 6) is 1.39. The Labute approximate surface area is 162 Å². The van der Waals surface area contributed by atoms with E-state index >= 15 is 0 Å². The maximum absolute atomic E-state index is 12.6. The van der Waals surface area contributed by atoms with Gasteiger partial charge in [0.05, 0.1) is 11.7 Å². The van der Waals surface area contributed by atoms with E-state index in [0.717, 1.165) is 38.5 Å². The van der Waals surface area contributed by atoms with E-state index in [1.165, 1.54) is 6.92 Å². The number of ketones is 1. The fourth-order valence-corrected chi connectivity index (χ4v) is 7.61. The maximum Gasteiger partial charge on any atom is 0.302 e. The minimum atomic E-state index is -0.988. The second-order valence-corrected chi connectivity index (χ2v) is 10.1. The summed E-state index contributed by atoms with van der Waals surface area (Å²) in [7, 11) is 1.68. The van der Waals surface area contributed by atoms with Crippen molar-refractivity contribution in [3.05, 3.63) is 0 Å². The van der Waals surface area contributed by atoms with Gasteiger partial charge in [0.25, 0.3) is 0 Å². The number of aliphatic hydroxyl groups is 1. The first kappa shape index (κ1) is 19.4. The molecular weight excluding hydrogens is 344 g/mol. The summed E-state index contributed by atoms with van der Waals surface area (Å²) in [5, 5.41) is 11.9. The minimum Gasteiger partial charge on any atom is -0.462 e. The maximum atomic E-state index is 12.6. The molecule has 0 aromatic heterocycles. The van der Waals surface area contributed by atoms with Crippen LogP contribution in [0.4, 0.5) is 0 Å². The van der Waals surface area contributed by atoms with Gasteiger partial charge in [-0.05, 0) is 56.3 Å². The lowest BCUT2D eigenvalue weighted by Gasteiger charge is -2.65. The predicted octanol–water partition coefficient (Wildman–Crippen LogP) is 3.27. The first-order valence-electron chi connectivity index (χ1n) is 10.6. The van der Waals surface area contributed by atoms with Crippen LogP contribution in [0.15, 0.2) is 0 Å². The van der Waals surface area contributed by atoms with Crippen molar-refractivity contribution in [1.29, 1.82) is 0 Å². The van der Waals surface area contributed by atoms with Gasteiger partial charge in [0.15, 0.2) is 0 Å². The van der Waals surface area contributed by atoms with Gasteiger partial charge in [-0.1, -0.05) is 13.8 Å². The Morgan fingerprint density at radius 1 is 1.15 bits per heavy atom. The lowest BCUT2D eigenvalue weighted by molar-refractivity contribution is -0.269. The van der Waals surface area contributed by atoms with Crippen molar-refractivity contribution in [3.8, 4) is 0 Å². The second kappa shape index (κ2) is 6.28. The second-order valence-electron chi connectivity index (χ2n) is 10.1. The molecule has 4 saturated carbocycles. The molecule has 0 bridgehead atoms. The zero-order valence-electron chi connectivity index (χ0n) is 17.1. The molecule has 4 aliphatic carbocycles. The zero-order chi connectivity index (χ0) is 19.6. The molecule has 0 spiro atoms. The molecule has 5 nitrogen and oxygen atoms in total. The van der Waals surface area contributed by atoms with E-state index < -0.39 is 5.60 Å². The Morgan fingerprint density at radius 2 is 1.89 bits per heavy atom. The SMILES string of the molecule is CO[C@@H]1C[C@H]2[C@@H]3CCC(=O)[C@@]3(C)CC[C@@H]2[C@@]2(C)CC[C@H](OC(C)=O)C[C@]12O. The summed E-state index contributed by atoms with van der Waals surface area (Å²) in [5.41, 5.74) is -1.43. The van der Waals surface area contributed by atoms with Crippen LogP contribution in [0.3, 0.4) is 0 Å². The van der Waals surface area contributed by atoms with Crippen LogP contribution in [0, 0.1) is 28.6 Å². The highest BCUT2D eigenvalue weighted by Gasteiger charge is 2.68. The molecule has 0 radical (unpaired) electrons. The van der Waals surface area contributed by atoms with Gasteiger partial charge in [-0.25, -0.2) is 0 Å². The van der Waals surface area contributed by atoms with Crippen LogP contribution in [0.25, 0.3) is 0 Å². The van der Waals surface area contributed by atoms with Crippen LogP contribution >= 0.6 is 0 Å². The van der Waals surface area contributed by atoms with Crippen LogP contribution in [0.2, 0.25) is 0 Å². The molecule has 5 heteroatoms. The summed E-state index contributed by atoms with van der Waals surface area (Å²) >= 11 is 0. The summed E-state index contributed by atoms with van der Waals surface area (Å²) in [6, 6.07) is 0. The van der Waals surface area contributed by atoms with Gasteiger partial charge >= 0.3 is 5.97 Å². The van der Waals surface area contributed by atoms with E-state index in [0.29, 0.717) is 36.4 Å². The molecule has 0 aliphatic heterocycles. The standard InChI is InChI=1S/C22H34O5/c1-13(23)27-14-7-10-21(3)17-8-9-20(2)16(5-6-18(20)24)15(17)11-19(26-4)22(21,25)12-14/h14-17,19,25H,5-12H2,1-4H3/t14-,15-,16-,17-,19+,20-,21+,22-/m0/s1. The van der Waals surface area contributed by atoms with Crippen molar-refractivity contribution in [1.82, 2.24) is 0 Å². The van der Waals surface area contributed by atoms with Gasteiger partial charge in [0, 0.05) is 37.7 Å². The number of fused-ring (bicyclic) bond motifs is 5. The quantitative estimate of drug-likeness (QED) is 0.747. The number of rotatable bonds is 2.